The van der Waals surface area contributed by atoms with Crippen LogP contribution in [0.25, 0.3) is 0 Å². The summed E-state index contributed by atoms with van der Waals surface area (Å²) in [5.41, 5.74) is 1.42. The zero-order chi connectivity index (χ0) is 17.2. The van der Waals surface area contributed by atoms with E-state index in [1.54, 1.807) is 0 Å². The second kappa shape index (κ2) is 10.1. The van der Waals surface area contributed by atoms with Crippen molar-refractivity contribution in [2.45, 2.75) is 44.9 Å². The highest BCUT2D eigenvalue weighted by Gasteiger charge is 2.14. The number of nitrogens with zero attached hydrogens (tertiary/aromatic N) is 1. The van der Waals surface area contributed by atoms with Crippen molar-refractivity contribution >= 4 is 10.1 Å². The first-order valence-corrected chi connectivity index (χ1v) is 10.2. The molecule has 0 unspecified atom stereocenters. The van der Waals surface area contributed by atoms with Crippen molar-refractivity contribution in [2.24, 2.45) is 0 Å². The third kappa shape index (κ3) is 11.3. The lowest BCUT2D eigenvalue weighted by Gasteiger charge is -2.29. The van der Waals surface area contributed by atoms with E-state index >= 15 is 0 Å². The number of unbranched alkanes of at least 4 members (excludes halogenated alkanes) is 4. The van der Waals surface area contributed by atoms with Crippen LogP contribution in [0.3, 0.4) is 0 Å². The Balaban J connectivity index is 2.04. The van der Waals surface area contributed by atoms with E-state index in [-0.39, 0.29) is 5.75 Å². The van der Waals surface area contributed by atoms with Gasteiger partial charge in [0.2, 0.25) is 0 Å². The molecule has 1 aromatic carbocycles. The standard InChI is InChI=1S/C18H31NO3S/c1-19(2,16-10-11-17-23(20,21)22)15-9-4-3-6-12-18-13-7-5-8-14-18/h5,7-8,13-14H,3-4,6,9-12,15-17H2,1-2H3/p+1. The lowest BCUT2D eigenvalue weighted by atomic mass is 10.1. The molecule has 0 saturated heterocycles. The zero-order valence-electron chi connectivity index (χ0n) is 14.6. The van der Waals surface area contributed by atoms with Crippen LogP contribution in [0.15, 0.2) is 30.3 Å². The molecule has 0 aliphatic carbocycles. The molecule has 1 N–H and O–H groups in total. The van der Waals surface area contributed by atoms with Crippen LogP contribution in [-0.2, 0) is 16.5 Å². The number of quaternary nitrogens is 1. The third-order valence-electron chi connectivity index (χ3n) is 4.24. The van der Waals surface area contributed by atoms with E-state index in [0.29, 0.717) is 6.42 Å². The summed E-state index contributed by atoms with van der Waals surface area (Å²) in [5.74, 6) is -0.119. The van der Waals surface area contributed by atoms with Gasteiger partial charge in [-0.3, -0.25) is 4.55 Å². The highest BCUT2D eigenvalue weighted by Crippen LogP contribution is 2.10. The van der Waals surface area contributed by atoms with Gasteiger partial charge >= 0.3 is 0 Å². The molecule has 4 nitrogen and oxygen atoms in total. The van der Waals surface area contributed by atoms with Crippen LogP contribution in [0.4, 0.5) is 0 Å². The predicted molar refractivity (Wildman–Crippen MR) is 96.1 cm³/mol. The molecule has 0 radical (unpaired) electrons. The van der Waals surface area contributed by atoms with Gasteiger partial charge in [0.1, 0.15) is 0 Å². The zero-order valence-corrected chi connectivity index (χ0v) is 15.4. The molecule has 132 valence electrons. The highest BCUT2D eigenvalue weighted by atomic mass is 32.2. The Morgan fingerprint density at radius 2 is 1.43 bits per heavy atom. The Bertz CT molecular complexity index is 526. The molecule has 1 aromatic rings. The van der Waals surface area contributed by atoms with Crippen LogP contribution in [0.1, 0.15) is 44.1 Å². The molecule has 23 heavy (non-hydrogen) atoms. The van der Waals surface area contributed by atoms with Gasteiger partial charge in [-0.05, 0) is 44.1 Å². The van der Waals surface area contributed by atoms with Gasteiger partial charge in [0.15, 0.2) is 0 Å². The van der Waals surface area contributed by atoms with Gasteiger partial charge in [-0.15, -0.1) is 0 Å². The van der Waals surface area contributed by atoms with Crippen molar-refractivity contribution in [1.29, 1.82) is 0 Å². The summed E-state index contributed by atoms with van der Waals surface area (Å²) >= 11 is 0. The molecular formula is C18H32NO3S+. The molecule has 0 aliphatic rings. The maximum absolute atomic E-state index is 10.7. The molecule has 1 rings (SSSR count). The smallest absolute Gasteiger partial charge is 0.264 e. The van der Waals surface area contributed by atoms with Crippen molar-refractivity contribution in [3.8, 4) is 0 Å². The summed E-state index contributed by atoms with van der Waals surface area (Å²) in [4.78, 5) is 0. The van der Waals surface area contributed by atoms with Crippen LogP contribution in [0.2, 0.25) is 0 Å². The first-order chi connectivity index (χ1) is 10.8. The summed E-state index contributed by atoms with van der Waals surface area (Å²) in [7, 11) is 0.585. The van der Waals surface area contributed by atoms with E-state index in [2.05, 4.69) is 44.4 Å². The first-order valence-electron chi connectivity index (χ1n) is 8.60. The van der Waals surface area contributed by atoms with Crippen molar-refractivity contribution in [3.63, 3.8) is 0 Å². The lowest BCUT2D eigenvalue weighted by molar-refractivity contribution is -0.890. The van der Waals surface area contributed by atoms with E-state index in [4.69, 9.17) is 4.55 Å². The largest absolute Gasteiger partial charge is 0.328 e. The van der Waals surface area contributed by atoms with Crippen LogP contribution < -0.4 is 0 Å². The van der Waals surface area contributed by atoms with E-state index in [9.17, 15) is 8.42 Å². The van der Waals surface area contributed by atoms with Crippen LogP contribution in [0, 0.1) is 0 Å². The van der Waals surface area contributed by atoms with E-state index in [0.717, 1.165) is 30.4 Å². The van der Waals surface area contributed by atoms with Crippen LogP contribution in [-0.4, -0.2) is 50.4 Å². The fourth-order valence-corrected chi connectivity index (χ4v) is 3.37. The fourth-order valence-electron chi connectivity index (χ4n) is 2.80. The Labute approximate surface area is 141 Å². The normalized spacial score (nSPS) is 12.5. The molecule has 0 heterocycles. The van der Waals surface area contributed by atoms with Gasteiger partial charge in [-0.1, -0.05) is 36.8 Å². The maximum Gasteiger partial charge on any atom is 0.264 e. The summed E-state index contributed by atoms with van der Waals surface area (Å²) in [6, 6.07) is 10.6. The minimum absolute atomic E-state index is 0.119. The quantitative estimate of drug-likeness (QED) is 0.359. The topological polar surface area (TPSA) is 54.4 Å². The molecule has 0 fully saturated rings. The van der Waals surface area contributed by atoms with E-state index in [1.165, 1.54) is 31.2 Å². The van der Waals surface area contributed by atoms with Crippen molar-refractivity contribution < 1.29 is 17.5 Å². The van der Waals surface area contributed by atoms with Crippen molar-refractivity contribution in [2.75, 3.05) is 32.9 Å². The van der Waals surface area contributed by atoms with E-state index < -0.39 is 10.1 Å². The van der Waals surface area contributed by atoms with Gasteiger partial charge in [-0.2, -0.15) is 8.42 Å². The predicted octanol–water partition coefficient (Wildman–Crippen LogP) is 3.53. The van der Waals surface area contributed by atoms with Gasteiger partial charge in [0.05, 0.1) is 32.9 Å². The van der Waals surface area contributed by atoms with Gasteiger partial charge in [0.25, 0.3) is 10.1 Å². The summed E-state index contributed by atoms with van der Waals surface area (Å²) in [6.45, 7) is 2.08. The maximum atomic E-state index is 10.7. The summed E-state index contributed by atoms with van der Waals surface area (Å²) in [5, 5.41) is 0. The summed E-state index contributed by atoms with van der Waals surface area (Å²) in [6.07, 6.45) is 7.50. The Morgan fingerprint density at radius 1 is 0.870 bits per heavy atom. The summed E-state index contributed by atoms with van der Waals surface area (Å²) < 4.78 is 31.0. The second-order valence-corrected chi connectivity index (χ2v) is 8.60. The third-order valence-corrected chi connectivity index (χ3v) is 5.04. The molecule has 5 heteroatoms. The average molecular weight is 343 g/mol. The van der Waals surface area contributed by atoms with Crippen molar-refractivity contribution in [3.05, 3.63) is 35.9 Å². The highest BCUT2D eigenvalue weighted by molar-refractivity contribution is 7.85. The minimum Gasteiger partial charge on any atom is -0.328 e. The molecule has 0 aromatic heterocycles. The van der Waals surface area contributed by atoms with Crippen LogP contribution in [0.5, 0.6) is 0 Å². The second-order valence-electron chi connectivity index (χ2n) is 7.03. The Morgan fingerprint density at radius 3 is 2.04 bits per heavy atom. The number of aryl methyl sites for hydroxylation is 1. The number of benzene rings is 1. The molecule has 0 bridgehead atoms. The van der Waals surface area contributed by atoms with Gasteiger partial charge in [0, 0.05) is 0 Å². The Kier molecular flexibility index (Phi) is 8.81. The Hall–Kier alpha value is -0.910. The number of hydrogen-bond acceptors (Lipinski definition) is 2. The average Bonchev–Trinajstić information content (AvgIpc) is 2.47. The molecule has 0 amide bonds. The molecule has 0 atom stereocenters. The fraction of sp³-hybridized carbons (Fsp3) is 0.667. The SMILES string of the molecule is C[N+](C)(CCCCCCc1ccccc1)CCCCS(=O)(=O)O. The monoisotopic (exact) mass is 342 g/mol. The van der Waals surface area contributed by atoms with Gasteiger partial charge in [-0.25, -0.2) is 0 Å². The number of rotatable bonds is 12. The lowest BCUT2D eigenvalue weighted by Crippen LogP contribution is -2.41. The van der Waals surface area contributed by atoms with Crippen molar-refractivity contribution in [1.82, 2.24) is 0 Å². The minimum atomic E-state index is -3.80. The first kappa shape index (κ1) is 20.1. The molecule has 0 spiro atoms. The van der Waals surface area contributed by atoms with E-state index in [1.807, 2.05) is 0 Å². The molecule has 0 saturated carbocycles. The van der Waals surface area contributed by atoms with Crippen LogP contribution >= 0.6 is 0 Å². The molecule has 0 aliphatic heterocycles. The number of hydrogen-bond donors (Lipinski definition) is 1. The van der Waals surface area contributed by atoms with Gasteiger partial charge < -0.3 is 4.48 Å². The molecular weight excluding hydrogens is 310 g/mol.